The zero-order valence-corrected chi connectivity index (χ0v) is 12.3. The zero-order valence-electron chi connectivity index (χ0n) is 9.12. The number of alkyl halides is 1. The lowest BCUT2D eigenvalue weighted by molar-refractivity contribution is 0.686. The highest BCUT2D eigenvalue weighted by Crippen LogP contribution is 2.28. The van der Waals surface area contributed by atoms with Crippen molar-refractivity contribution in [2.45, 2.75) is 18.8 Å². The van der Waals surface area contributed by atoms with Gasteiger partial charge in [0, 0.05) is 40.3 Å². The lowest BCUT2D eigenvalue weighted by Crippen LogP contribution is -2.41. The van der Waals surface area contributed by atoms with Crippen LogP contribution in [0.25, 0.3) is 0 Å². The first kappa shape index (κ1) is 12.5. The van der Waals surface area contributed by atoms with Crippen molar-refractivity contribution in [3.63, 3.8) is 0 Å². The molecule has 0 N–H and O–H groups in total. The molecule has 1 aliphatic rings. The molecule has 1 atom stereocenters. The number of rotatable bonds is 2. The van der Waals surface area contributed by atoms with Crippen LogP contribution in [0, 0.1) is 0 Å². The molecule has 2 nitrogen and oxygen atoms in total. The maximum Gasteiger partial charge on any atom is 0.133 e. The van der Waals surface area contributed by atoms with Gasteiger partial charge in [-0.1, -0.05) is 0 Å². The zero-order chi connectivity index (χ0) is 11.5. The van der Waals surface area contributed by atoms with E-state index in [1.807, 2.05) is 18.0 Å². The van der Waals surface area contributed by atoms with Crippen LogP contribution >= 0.6 is 39.3 Å². The number of anilines is 1. The molecule has 0 amide bonds. The lowest BCUT2D eigenvalue weighted by atomic mass is 10.2. The predicted octanol–water partition coefficient (Wildman–Crippen LogP) is 3.52. The van der Waals surface area contributed by atoms with Crippen molar-refractivity contribution in [3.8, 4) is 0 Å². The third kappa shape index (κ3) is 2.66. The average molecular weight is 322 g/mol. The van der Waals surface area contributed by atoms with Gasteiger partial charge in [0.2, 0.25) is 0 Å². The standard InChI is InChI=1S/C11H14BrClN2S/c1-8-7-16-3-2-15(8)11-9(5-13)4-10(12)6-14-11/h4,6,8H,2-3,5,7H2,1H3. The van der Waals surface area contributed by atoms with Crippen LogP contribution in [0.1, 0.15) is 12.5 Å². The Morgan fingerprint density at radius 2 is 2.50 bits per heavy atom. The molecule has 88 valence electrons. The lowest BCUT2D eigenvalue weighted by Gasteiger charge is -2.35. The molecule has 0 aliphatic carbocycles. The third-order valence-corrected chi connectivity index (χ3v) is 4.60. The minimum Gasteiger partial charge on any atom is -0.352 e. The number of halogens is 2. The summed E-state index contributed by atoms with van der Waals surface area (Å²) in [5.74, 6) is 3.90. The average Bonchev–Trinajstić information content (AvgIpc) is 2.30. The van der Waals surface area contributed by atoms with E-state index in [9.17, 15) is 0 Å². The van der Waals surface area contributed by atoms with E-state index >= 15 is 0 Å². The topological polar surface area (TPSA) is 16.1 Å². The highest BCUT2D eigenvalue weighted by Gasteiger charge is 2.22. The fourth-order valence-electron chi connectivity index (χ4n) is 1.87. The van der Waals surface area contributed by atoms with E-state index in [0.29, 0.717) is 11.9 Å². The monoisotopic (exact) mass is 320 g/mol. The maximum absolute atomic E-state index is 5.98. The summed E-state index contributed by atoms with van der Waals surface area (Å²) >= 11 is 11.4. The Hall–Kier alpha value is 0.0700. The Morgan fingerprint density at radius 1 is 1.69 bits per heavy atom. The summed E-state index contributed by atoms with van der Waals surface area (Å²) in [6.45, 7) is 3.30. The van der Waals surface area contributed by atoms with Crippen LogP contribution in [0.4, 0.5) is 5.82 Å². The van der Waals surface area contributed by atoms with E-state index in [1.54, 1.807) is 0 Å². The second-order valence-corrected chi connectivity index (χ2v) is 6.22. The van der Waals surface area contributed by atoms with E-state index in [2.05, 4.69) is 38.8 Å². The first-order chi connectivity index (χ1) is 7.72. The van der Waals surface area contributed by atoms with E-state index in [-0.39, 0.29) is 0 Å². The minimum absolute atomic E-state index is 0.512. The molecule has 1 fully saturated rings. The maximum atomic E-state index is 5.98. The molecule has 0 spiro atoms. The van der Waals surface area contributed by atoms with Gasteiger partial charge in [0.1, 0.15) is 5.82 Å². The molecule has 0 bridgehead atoms. The summed E-state index contributed by atoms with van der Waals surface area (Å²) in [7, 11) is 0. The molecule has 0 saturated carbocycles. The van der Waals surface area contributed by atoms with Gasteiger partial charge in [0.15, 0.2) is 0 Å². The first-order valence-electron chi connectivity index (χ1n) is 5.27. The predicted molar refractivity (Wildman–Crippen MR) is 75.6 cm³/mol. The molecule has 1 aliphatic heterocycles. The van der Waals surface area contributed by atoms with Gasteiger partial charge in [-0.2, -0.15) is 11.8 Å². The van der Waals surface area contributed by atoms with Crippen molar-refractivity contribution in [2.75, 3.05) is 23.0 Å². The summed E-state index contributed by atoms with van der Waals surface area (Å²) in [6.07, 6.45) is 1.85. The van der Waals surface area contributed by atoms with Crippen molar-refractivity contribution in [1.29, 1.82) is 0 Å². The largest absolute Gasteiger partial charge is 0.352 e. The van der Waals surface area contributed by atoms with E-state index in [4.69, 9.17) is 11.6 Å². The molecule has 2 rings (SSSR count). The van der Waals surface area contributed by atoms with Crippen LogP contribution in [-0.4, -0.2) is 29.1 Å². The molecule has 1 aromatic rings. The van der Waals surface area contributed by atoms with Crippen molar-refractivity contribution in [2.24, 2.45) is 0 Å². The van der Waals surface area contributed by atoms with Crippen LogP contribution in [0.5, 0.6) is 0 Å². The van der Waals surface area contributed by atoms with Crippen LogP contribution in [0.15, 0.2) is 16.7 Å². The highest BCUT2D eigenvalue weighted by atomic mass is 79.9. The van der Waals surface area contributed by atoms with Crippen molar-refractivity contribution in [1.82, 2.24) is 4.98 Å². The molecule has 0 radical (unpaired) electrons. The van der Waals surface area contributed by atoms with E-state index in [1.165, 1.54) is 11.5 Å². The Balaban J connectivity index is 2.30. The molecular formula is C11H14BrClN2S. The summed E-state index contributed by atoms with van der Waals surface area (Å²) in [4.78, 5) is 6.87. The molecule has 0 aromatic carbocycles. The second kappa shape index (κ2) is 5.61. The Kier molecular flexibility index (Phi) is 4.39. The summed E-state index contributed by atoms with van der Waals surface area (Å²) in [5, 5.41) is 0. The highest BCUT2D eigenvalue weighted by molar-refractivity contribution is 9.10. The Morgan fingerprint density at radius 3 is 3.19 bits per heavy atom. The Bertz CT molecular complexity index is 375. The normalized spacial score (nSPS) is 21.2. The SMILES string of the molecule is CC1CSCCN1c1ncc(Br)cc1CCl. The third-order valence-electron chi connectivity index (χ3n) is 2.69. The van der Waals surface area contributed by atoms with Gasteiger partial charge in [-0.15, -0.1) is 11.6 Å². The van der Waals surface area contributed by atoms with Crippen molar-refractivity contribution >= 4 is 45.1 Å². The van der Waals surface area contributed by atoms with Crippen molar-refractivity contribution in [3.05, 3.63) is 22.3 Å². The number of hydrogen-bond donors (Lipinski definition) is 0. The first-order valence-corrected chi connectivity index (χ1v) is 7.75. The van der Waals surface area contributed by atoms with Gasteiger partial charge in [-0.05, 0) is 28.9 Å². The second-order valence-electron chi connectivity index (χ2n) is 3.89. The van der Waals surface area contributed by atoms with Crippen LogP contribution in [0.3, 0.4) is 0 Å². The molecule has 2 heterocycles. The van der Waals surface area contributed by atoms with Gasteiger partial charge in [-0.25, -0.2) is 4.98 Å². The van der Waals surface area contributed by atoms with Crippen LogP contribution in [0.2, 0.25) is 0 Å². The van der Waals surface area contributed by atoms with E-state index in [0.717, 1.165) is 22.4 Å². The van der Waals surface area contributed by atoms with Crippen LogP contribution < -0.4 is 4.90 Å². The quantitative estimate of drug-likeness (QED) is 0.775. The fraction of sp³-hybridized carbons (Fsp3) is 0.545. The fourth-order valence-corrected chi connectivity index (χ4v) is 3.46. The van der Waals surface area contributed by atoms with Gasteiger partial charge < -0.3 is 4.90 Å². The number of aromatic nitrogens is 1. The van der Waals surface area contributed by atoms with Crippen LogP contribution in [-0.2, 0) is 5.88 Å². The smallest absolute Gasteiger partial charge is 0.133 e. The number of pyridine rings is 1. The molecule has 16 heavy (non-hydrogen) atoms. The Labute approximate surface area is 114 Å². The van der Waals surface area contributed by atoms with Gasteiger partial charge in [-0.3, -0.25) is 0 Å². The number of thioether (sulfide) groups is 1. The molecular weight excluding hydrogens is 308 g/mol. The van der Waals surface area contributed by atoms with Gasteiger partial charge in [0.05, 0.1) is 5.88 Å². The molecule has 1 saturated heterocycles. The molecule has 5 heteroatoms. The van der Waals surface area contributed by atoms with Crippen molar-refractivity contribution < 1.29 is 0 Å². The van der Waals surface area contributed by atoms with Gasteiger partial charge in [0.25, 0.3) is 0 Å². The van der Waals surface area contributed by atoms with Gasteiger partial charge >= 0.3 is 0 Å². The number of nitrogens with zero attached hydrogens (tertiary/aromatic N) is 2. The number of hydrogen-bond acceptors (Lipinski definition) is 3. The molecule has 1 unspecified atom stereocenters. The summed E-state index contributed by atoms with van der Waals surface area (Å²) < 4.78 is 0.992. The summed E-state index contributed by atoms with van der Waals surface area (Å²) in [6, 6.07) is 2.60. The minimum atomic E-state index is 0.512. The summed E-state index contributed by atoms with van der Waals surface area (Å²) in [5.41, 5.74) is 1.11. The molecule has 1 aromatic heterocycles. The van der Waals surface area contributed by atoms with E-state index < -0.39 is 0 Å².